The molecule has 1 saturated heterocycles. The Kier molecular flexibility index (Phi) is 8.62. The molecule has 3 rings (SSSR count). The van der Waals surface area contributed by atoms with Crippen LogP contribution in [0.25, 0.3) is 17.5 Å². The molecule has 0 atom stereocenters. The highest BCUT2D eigenvalue weighted by Gasteiger charge is 2.18. The number of rotatable bonds is 9. The van der Waals surface area contributed by atoms with Gasteiger partial charge in [-0.3, -0.25) is 0 Å². The molecule has 0 aliphatic carbocycles. The molecule has 7 nitrogen and oxygen atoms in total. The van der Waals surface area contributed by atoms with E-state index in [1.165, 1.54) is 6.20 Å². The number of nitrogens with zero attached hydrogens (tertiary/aromatic N) is 2. The zero-order chi connectivity index (χ0) is 24.7. The van der Waals surface area contributed by atoms with Crippen LogP contribution in [0.15, 0.2) is 60.9 Å². The first-order valence-electron chi connectivity index (χ1n) is 11.1. The average Bonchev–Trinajstić information content (AvgIpc) is 2.83. The Morgan fingerprint density at radius 1 is 1.18 bits per heavy atom. The molecule has 1 fully saturated rings. The van der Waals surface area contributed by atoms with Gasteiger partial charge in [-0.15, -0.1) is 0 Å². The summed E-state index contributed by atoms with van der Waals surface area (Å²) in [6.07, 6.45) is 3.29. The lowest BCUT2D eigenvalue weighted by Crippen LogP contribution is -2.42. The summed E-state index contributed by atoms with van der Waals surface area (Å²) in [4.78, 5) is 7.78. The van der Waals surface area contributed by atoms with Crippen LogP contribution in [0.4, 0.5) is 0 Å². The maximum Gasteiger partial charge on any atom is 0.171 e. The molecular formula is C26H32ClN5O2. The molecule has 1 aliphatic heterocycles. The van der Waals surface area contributed by atoms with Gasteiger partial charge in [0.25, 0.3) is 0 Å². The van der Waals surface area contributed by atoms with E-state index >= 15 is 0 Å². The van der Waals surface area contributed by atoms with Crippen molar-refractivity contribution in [2.45, 2.75) is 20.0 Å². The molecule has 5 N–H and O–H groups in total. The van der Waals surface area contributed by atoms with Gasteiger partial charge in [-0.2, -0.15) is 0 Å². The van der Waals surface area contributed by atoms with E-state index < -0.39 is 0 Å². The smallest absolute Gasteiger partial charge is 0.171 e. The quantitative estimate of drug-likeness (QED) is 0.214. The largest absolute Gasteiger partial charge is 0.489 e. The van der Waals surface area contributed by atoms with Gasteiger partial charge in [0, 0.05) is 48.6 Å². The van der Waals surface area contributed by atoms with E-state index in [0.717, 1.165) is 43.0 Å². The molecule has 34 heavy (non-hydrogen) atoms. The summed E-state index contributed by atoms with van der Waals surface area (Å²) in [6.45, 7) is 15.7. The van der Waals surface area contributed by atoms with Crippen LogP contribution in [-0.4, -0.2) is 43.0 Å². The predicted octanol–water partition coefficient (Wildman–Crippen LogP) is 4.24. The molecule has 0 amide bonds. The number of nitrogens with two attached hydrogens (primary N) is 2. The van der Waals surface area contributed by atoms with Crippen molar-refractivity contribution in [1.29, 1.82) is 0 Å². The first-order valence-corrected chi connectivity index (χ1v) is 11.5. The van der Waals surface area contributed by atoms with Crippen LogP contribution in [0, 0.1) is 0 Å². The monoisotopic (exact) mass is 481 g/mol. The lowest BCUT2D eigenvalue weighted by molar-refractivity contribution is 0.242. The lowest BCUT2D eigenvalue weighted by Gasteiger charge is -2.32. The van der Waals surface area contributed by atoms with E-state index in [9.17, 15) is 0 Å². The first-order chi connectivity index (χ1) is 16.3. The highest BCUT2D eigenvalue weighted by molar-refractivity contribution is 6.32. The van der Waals surface area contributed by atoms with Crippen molar-refractivity contribution >= 4 is 35.0 Å². The Hall–Kier alpha value is -3.42. The maximum atomic E-state index is 6.33. The topological polar surface area (TPSA) is 98.1 Å². The summed E-state index contributed by atoms with van der Waals surface area (Å²) < 4.78 is 5.67. The van der Waals surface area contributed by atoms with Crippen LogP contribution in [-0.2, 0) is 4.84 Å². The molecule has 180 valence electrons. The third kappa shape index (κ3) is 6.12. The second kappa shape index (κ2) is 11.6. The van der Waals surface area contributed by atoms with E-state index in [1.54, 1.807) is 24.3 Å². The summed E-state index contributed by atoms with van der Waals surface area (Å²) in [5.41, 5.74) is 16.1. The lowest BCUT2D eigenvalue weighted by atomic mass is 9.97. The van der Waals surface area contributed by atoms with Crippen molar-refractivity contribution < 1.29 is 9.57 Å². The van der Waals surface area contributed by atoms with Crippen molar-refractivity contribution in [3.8, 4) is 5.75 Å². The second-order valence-electron chi connectivity index (χ2n) is 8.11. The number of oxime groups is 1. The van der Waals surface area contributed by atoms with Crippen LogP contribution in [0.3, 0.4) is 0 Å². The fourth-order valence-electron chi connectivity index (χ4n) is 3.65. The van der Waals surface area contributed by atoms with E-state index in [2.05, 4.69) is 28.5 Å². The van der Waals surface area contributed by atoms with Crippen molar-refractivity contribution in [3.63, 3.8) is 0 Å². The van der Waals surface area contributed by atoms with Crippen LogP contribution < -0.4 is 21.5 Å². The highest BCUT2D eigenvalue weighted by Crippen LogP contribution is 2.30. The second-order valence-corrected chi connectivity index (χ2v) is 8.52. The Bertz CT molecular complexity index is 1100. The number of piperazine rings is 1. The third-order valence-electron chi connectivity index (χ3n) is 5.33. The minimum absolute atomic E-state index is 0.0161. The van der Waals surface area contributed by atoms with Gasteiger partial charge in [0.1, 0.15) is 5.75 Å². The number of hydrogen-bond acceptors (Lipinski definition) is 6. The van der Waals surface area contributed by atoms with Gasteiger partial charge in [0.05, 0.1) is 11.1 Å². The average molecular weight is 482 g/mol. The molecule has 0 radical (unpaired) electrons. The van der Waals surface area contributed by atoms with Crippen LogP contribution in [0.1, 0.15) is 36.1 Å². The van der Waals surface area contributed by atoms with Gasteiger partial charge in [-0.1, -0.05) is 48.1 Å². The van der Waals surface area contributed by atoms with Gasteiger partial charge < -0.3 is 31.3 Å². The fourth-order valence-corrected chi connectivity index (χ4v) is 3.88. The Labute approximate surface area is 206 Å². The van der Waals surface area contributed by atoms with Gasteiger partial charge in [-0.25, -0.2) is 0 Å². The zero-order valence-electron chi connectivity index (χ0n) is 19.7. The number of hydrogen-bond donors (Lipinski definition) is 3. The minimum atomic E-state index is 0.0161. The van der Waals surface area contributed by atoms with Crippen molar-refractivity contribution in [1.82, 2.24) is 10.2 Å². The fraction of sp³-hybridized carbons (Fsp3) is 0.269. The van der Waals surface area contributed by atoms with Crippen LogP contribution in [0.2, 0.25) is 5.02 Å². The van der Waals surface area contributed by atoms with Crippen molar-refractivity contribution in [2.75, 3.05) is 26.2 Å². The Balaban J connectivity index is 1.82. The van der Waals surface area contributed by atoms with E-state index in [0.29, 0.717) is 27.7 Å². The summed E-state index contributed by atoms with van der Waals surface area (Å²) in [7, 11) is 0. The molecule has 1 heterocycles. The van der Waals surface area contributed by atoms with Gasteiger partial charge in [0.15, 0.2) is 11.6 Å². The molecule has 1 aliphatic rings. The standard InChI is InChI=1S/C26H32ClN5O2/c1-17(2)33-25-9-8-20(16-24(25)27)19(4)34-31-26(29)23-7-5-6-21(22(23)10-11-28)18(3)32-14-12-30-13-15-32/h5-11,16-17,30H,3-4,12-15,28H2,1-2H3,(H2,29,31)/b11-10-. The number of amidine groups is 1. The van der Waals surface area contributed by atoms with Crippen molar-refractivity contribution in [2.24, 2.45) is 16.6 Å². The first kappa shape index (κ1) is 25.2. The van der Waals surface area contributed by atoms with E-state index in [1.807, 2.05) is 32.0 Å². The molecular weight excluding hydrogens is 450 g/mol. The number of nitrogens with one attached hydrogen (secondary N) is 1. The SMILES string of the molecule is C=C(O/N=C(\N)c1cccc(C(=C)N2CCNCC2)c1/C=C\N)c1ccc(OC(C)C)c(Cl)c1. The van der Waals surface area contributed by atoms with Crippen LogP contribution in [0.5, 0.6) is 5.75 Å². The summed E-state index contributed by atoms with van der Waals surface area (Å²) >= 11 is 6.33. The summed E-state index contributed by atoms with van der Waals surface area (Å²) in [5, 5.41) is 7.93. The van der Waals surface area contributed by atoms with Gasteiger partial charge >= 0.3 is 0 Å². The normalized spacial score (nSPS) is 14.5. The van der Waals surface area contributed by atoms with E-state index in [-0.39, 0.29) is 11.9 Å². The summed E-state index contributed by atoms with van der Waals surface area (Å²) in [6, 6.07) is 11.1. The van der Waals surface area contributed by atoms with Crippen LogP contribution >= 0.6 is 11.6 Å². The number of benzene rings is 2. The zero-order valence-corrected chi connectivity index (χ0v) is 20.4. The molecule has 2 aromatic rings. The maximum absolute atomic E-state index is 6.33. The molecule has 2 aromatic carbocycles. The number of ether oxygens (including phenoxy) is 1. The van der Waals surface area contributed by atoms with Crippen molar-refractivity contribution in [3.05, 3.63) is 83.0 Å². The Morgan fingerprint density at radius 3 is 2.53 bits per heavy atom. The number of halogens is 1. The molecule has 0 aromatic heterocycles. The molecule has 0 saturated carbocycles. The molecule has 0 unspecified atom stereocenters. The predicted molar refractivity (Wildman–Crippen MR) is 141 cm³/mol. The molecule has 0 bridgehead atoms. The van der Waals surface area contributed by atoms with Gasteiger partial charge in [-0.05, 0) is 49.9 Å². The summed E-state index contributed by atoms with van der Waals surface area (Å²) in [5.74, 6) is 1.09. The molecule has 0 spiro atoms. The minimum Gasteiger partial charge on any atom is -0.489 e. The van der Waals surface area contributed by atoms with E-state index in [4.69, 9.17) is 32.6 Å². The highest BCUT2D eigenvalue weighted by atomic mass is 35.5. The van der Waals surface area contributed by atoms with Gasteiger partial charge in [0.2, 0.25) is 0 Å². The third-order valence-corrected chi connectivity index (χ3v) is 5.62. The molecule has 8 heteroatoms. The Morgan fingerprint density at radius 2 is 1.88 bits per heavy atom.